The second-order valence-electron chi connectivity index (χ2n) is 5.68. The molecule has 6 heteroatoms. The lowest BCUT2D eigenvalue weighted by Crippen LogP contribution is -2.29. The highest BCUT2D eigenvalue weighted by Crippen LogP contribution is 2.21. The number of hydrogen-bond donors (Lipinski definition) is 2. The fraction of sp³-hybridized carbons (Fsp3) is 0.263. The van der Waals surface area contributed by atoms with Gasteiger partial charge in [0, 0.05) is 5.56 Å². The molecule has 0 unspecified atom stereocenters. The molecule has 1 amide bonds. The monoisotopic (exact) mass is 355 g/mol. The van der Waals surface area contributed by atoms with Crippen LogP contribution in [0.1, 0.15) is 28.6 Å². The van der Waals surface area contributed by atoms with Crippen molar-refractivity contribution < 1.29 is 9.53 Å². The molecule has 0 aliphatic heterocycles. The molecule has 0 spiro atoms. The third kappa shape index (κ3) is 4.14. The first-order valence-electron chi connectivity index (χ1n) is 8.09. The normalized spacial score (nSPS) is 12.1. The Bertz CT molecular complexity index is 830. The maximum Gasteiger partial charge on any atom is 0.252 e. The van der Waals surface area contributed by atoms with Gasteiger partial charge in [0.25, 0.3) is 5.91 Å². The van der Waals surface area contributed by atoms with E-state index in [1.54, 1.807) is 31.0 Å². The molecule has 3 aromatic rings. The molecule has 0 fully saturated rings. The minimum atomic E-state index is -0.168. The smallest absolute Gasteiger partial charge is 0.252 e. The van der Waals surface area contributed by atoms with Crippen LogP contribution < -0.4 is 10.1 Å². The molecule has 0 saturated heterocycles. The quantitative estimate of drug-likeness (QED) is 0.676. The minimum absolute atomic E-state index is 0.134. The van der Waals surface area contributed by atoms with Crippen LogP contribution in [0.25, 0.3) is 11.0 Å². The van der Waals surface area contributed by atoms with E-state index in [1.807, 2.05) is 36.4 Å². The molecular weight excluding hydrogens is 334 g/mol. The second-order valence-corrected chi connectivity index (χ2v) is 6.66. The predicted molar refractivity (Wildman–Crippen MR) is 102 cm³/mol. The number of methoxy groups -OCH3 is 1. The maximum absolute atomic E-state index is 12.7. The number of ether oxygens (including phenoxy) is 1. The van der Waals surface area contributed by atoms with Crippen LogP contribution in [-0.2, 0) is 0 Å². The number of carbonyl (C=O) groups excluding carboxylic acids is 1. The van der Waals surface area contributed by atoms with Crippen LogP contribution in [0.4, 0.5) is 0 Å². The van der Waals surface area contributed by atoms with Gasteiger partial charge in [-0.05, 0) is 48.8 Å². The van der Waals surface area contributed by atoms with E-state index in [9.17, 15) is 4.79 Å². The summed E-state index contributed by atoms with van der Waals surface area (Å²) in [7, 11) is 1.59. The SMILES string of the molecule is COc1cccc(C(=O)N[C@@H](CCSC)c2nc3ccccc3[nH]2)c1. The van der Waals surface area contributed by atoms with Crippen LogP contribution in [0.5, 0.6) is 5.75 Å². The molecule has 2 N–H and O–H groups in total. The third-order valence-electron chi connectivity index (χ3n) is 3.99. The van der Waals surface area contributed by atoms with Gasteiger partial charge < -0.3 is 15.0 Å². The summed E-state index contributed by atoms with van der Waals surface area (Å²) in [5.74, 6) is 2.24. The lowest BCUT2D eigenvalue weighted by Gasteiger charge is -2.16. The summed E-state index contributed by atoms with van der Waals surface area (Å²) < 4.78 is 5.20. The van der Waals surface area contributed by atoms with Gasteiger partial charge in [0.2, 0.25) is 0 Å². The molecule has 130 valence electrons. The Kier molecular flexibility index (Phi) is 5.60. The van der Waals surface area contributed by atoms with Crippen molar-refractivity contribution in [1.82, 2.24) is 15.3 Å². The number of aromatic nitrogens is 2. The Labute approximate surface area is 151 Å². The first-order valence-corrected chi connectivity index (χ1v) is 9.49. The molecule has 1 atom stereocenters. The number of para-hydroxylation sites is 2. The highest BCUT2D eigenvalue weighted by molar-refractivity contribution is 7.98. The molecule has 2 aromatic carbocycles. The highest BCUT2D eigenvalue weighted by Gasteiger charge is 2.19. The number of amides is 1. The Morgan fingerprint density at radius 1 is 1.28 bits per heavy atom. The number of rotatable bonds is 7. The zero-order chi connectivity index (χ0) is 17.6. The number of aromatic amines is 1. The maximum atomic E-state index is 12.7. The van der Waals surface area contributed by atoms with Crippen LogP contribution in [-0.4, -0.2) is 35.0 Å². The Morgan fingerprint density at radius 3 is 2.88 bits per heavy atom. The van der Waals surface area contributed by atoms with Crippen LogP contribution in [0.2, 0.25) is 0 Å². The summed E-state index contributed by atoms with van der Waals surface area (Å²) in [5, 5.41) is 3.10. The molecule has 25 heavy (non-hydrogen) atoms. The first-order chi connectivity index (χ1) is 12.2. The number of hydrogen-bond acceptors (Lipinski definition) is 4. The molecule has 0 aliphatic rings. The molecule has 0 bridgehead atoms. The van der Waals surface area contributed by atoms with Gasteiger partial charge in [-0.2, -0.15) is 11.8 Å². The number of nitrogens with zero attached hydrogens (tertiary/aromatic N) is 1. The van der Waals surface area contributed by atoms with E-state index < -0.39 is 0 Å². The number of H-pyrrole nitrogens is 1. The fourth-order valence-corrected chi connectivity index (χ4v) is 3.13. The van der Waals surface area contributed by atoms with E-state index in [-0.39, 0.29) is 11.9 Å². The zero-order valence-corrected chi connectivity index (χ0v) is 15.1. The zero-order valence-electron chi connectivity index (χ0n) is 14.3. The number of imidazole rings is 1. The average Bonchev–Trinajstić information content (AvgIpc) is 3.09. The van der Waals surface area contributed by atoms with Gasteiger partial charge in [-0.1, -0.05) is 18.2 Å². The van der Waals surface area contributed by atoms with E-state index in [0.717, 1.165) is 29.0 Å². The van der Waals surface area contributed by atoms with Crippen molar-refractivity contribution in [2.75, 3.05) is 19.1 Å². The third-order valence-corrected chi connectivity index (χ3v) is 4.63. The van der Waals surface area contributed by atoms with Crippen molar-refractivity contribution in [2.45, 2.75) is 12.5 Å². The van der Waals surface area contributed by atoms with Crippen molar-refractivity contribution in [2.24, 2.45) is 0 Å². The molecular formula is C19H21N3O2S. The minimum Gasteiger partial charge on any atom is -0.497 e. The van der Waals surface area contributed by atoms with Crippen molar-refractivity contribution in [3.8, 4) is 5.75 Å². The second kappa shape index (κ2) is 8.07. The van der Waals surface area contributed by atoms with Crippen LogP contribution >= 0.6 is 11.8 Å². The summed E-state index contributed by atoms with van der Waals surface area (Å²) in [4.78, 5) is 20.6. The number of fused-ring (bicyclic) bond motifs is 1. The van der Waals surface area contributed by atoms with E-state index in [0.29, 0.717) is 11.3 Å². The van der Waals surface area contributed by atoms with Crippen molar-refractivity contribution in [1.29, 1.82) is 0 Å². The van der Waals surface area contributed by atoms with Crippen molar-refractivity contribution >= 4 is 28.7 Å². The fourth-order valence-electron chi connectivity index (χ4n) is 2.66. The summed E-state index contributed by atoms with van der Waals surface area (Å²) in [6.07, 6.45) is 2.86. The summed E-state index contributed by atoms with van der Waals surface area (Å²) in [6, 6.07) is 14.9. The molecule has 1 heterocycles. The summed E-state index contributed by atoms with van der Waals surface area (Å²) in [5.41, 5.74) is 2.45. The van der Waals surface area contributed by atoms with E-state index in [1.165, 1.54) is 0 Å². The van der Waals surface area contributed by atoms with Gasteiger partial charge in [0.15, 0.2) is 0 Å². The topological polar surface area (TPSA) is 67.0 Å². The summed E-state index contributed by atoms with van der Waals surface area (Å²) >= 11 is 1.75. The van der Waals surface area contributed by atoms with E-state index >= 15 is 0 Å². The standard InChI is InChI=1S/C19H21N3O2S/c1-24-14-7-5-6-13(12-14)19(23)22-17(10-11-25-2)18-20-15-8-3-4-9-16(15)21-18/h3-9,12,17H,10-11H2,1-2H3,(H,20,21)(H,22,23)/t17-/m0/s1. The van der Waals surface area contributed by atoms with Crippen molar-refractivity contribution in [3.63, 3.8) is 0 Å². The number of thioether (sulfide) groups is 1. The average molecular weight is 355 g/mol. The predicted octanol–water partition coefficient (Wildman–Crippen LogP) is 3.80. The molecule has 0 saturated carbocycles. The van der Waals surface area contributed by atoms with E-state index in [2.05, 4.69) is 21.5 Å². The molecule has 3 rings (SSSR count). The summed E-state index contributed by atoms with van der Waals surface area (Å²) in [6.45, 7) is 0. The number of carbonyl (C=O) groups is 1. The van der Waals surface area contributed by atoms with Gasteiger partial charge in [-0.25, -0.2) is 4.98 Å². The molecule has 5 nitrogen and oxygen atoms in total. The Hall–Kier alpha value is -2.47. The van der Waals surface area contributed by atoms with Gasteiger partial charge in [-0.3, -0.25) is 4.79 Å². The van der Waals surface area contributed by atoms with Gasteiger partial charge >= 0.3 is 0 Å². The molecule has 0 radical (unpaired) electrons. The highest BCUT2D eigenvalue weighted by atomic mass is 32.2. The molecule has 1 aromatic heterocycles. The lowest BCUT2D eigenvalue weighted by atomic mass is 10.1. The van der Waals surface area contributed by atoms with Gasteiger partial charge in [-0.15, -0.1) is 0 Å². The van der Waals surface area contributed by atoms with Crippen molar-refractivity contribution in [3.05, 3.63) is 59.9 Å². The van der Waals surface area contributed by atoms with Crippen LogP contribution in [0, 0.1) is 0 Å². The first kappa shape index (κ1) is 17.4. The Morgan fingerprint density at radius 2 is 2.12 bits per heavy atom. The van der Waals surface area contributed by atoms with Crippen LogP contribution in [0.3, 0.4) is 0 Å². The van der Waals surface area contributed by atoms with Crippen LogP contribution in [0.15, 0.2) is 48.5 Å². The Balaban J connectivity index is 1.83. The number of nitrogens with one attached hydrogen (secondary N) is 2. The van der Waals surface area contributed by atoms with E-state index in [4.69, 9.17) is 4.74 Å². The van der Waals surface area contributed by atoms with Gasteiger partial charge in [0.05, 0.1) is 24.2 Å². The van der Waals surface area contributed by atoms with Gasteiger partial charge in [0.1, 0.15) is 11.6 Å². The molecule has 0 aliphatic carbocycles. The number of benzene rings is 2. The largest absolute Gasteiger partial charge is 0.497 e. The lowest BCUT2D eigenvalue weighted by molar-refractivity contribution is 0.0934.